The number of hydrogen-bond acceptors (Lipinski definition) is 4. The Bertz CT molecular complexity index is 532. The van der Waals surface area contributed by atoms with Crippen LogP contribution in [0.5, 0.6) is 11.5 Å². The van der Waals surface area contributed by atoms with Crippen LogP contribution in [0.4, 0.5) is 10.5 Å². The van der Waals surface area contributed by atoms with Crippen molar-refractivity contribution in [2.75, 3.05) is 31.6 Å². The summed E-state index contributed by atoms with van der Waals surface area (Å²) in [5.41, 5.74) is 0.538. The van der Waals surface area contributed by atoms with Gasteiger partial charge < -0.3 is 24.8 Å². The summed E-state index contributed by atoms with van der Waals surface area (Å²) >= 11 is 0. The second kappa shape index (κ2) is 6.83. The highest BCUT2D eigenvalue weighted by atomic mass is 16.6. The summed E-state index contributed by atoms with van der Waals surface area (Å²) in [5, 5.41) is 11.5. The fraction of sp³-hybridized carbons (Fsp3) is 0.429. The Balaban J connectivity index is 2.05. The molecule has 0 unspecified atom stereocenters. The zero-order valence-electron chi connectivity index (χ0n) is 11.8. The van der Waals surface area contributed by atoms with Crippen LogP contribution in [-0.2, 0) is 4.79 Å². The van der Waals surface area contributed by atoms with Crippen molar-refractivity contribution in [3.63, 3.8) is 0 Å². The molecule has 0 aliphatic carbocycles. The van der Waals surface area contributed by atoms with E-state index in [0.29, 0.717) is 43.4 Å². The van der Waals surface area contributed by atoms with E-state index in [9.17, 15) is 9.59 Å². The topological polar surface area (TPSA) is 88.1 Å². The molecule has 0 atom stereocenters. The number of fused-ring (bicyclic) bond motifs is 1. The molecule has 2 rings (SSSR count). The molecule has 0 saturated carbocycles. The van der Waals surface area contributed by atoms with Crippen molar-refractivity contribution in [1.82, 2.24) is 4.90 Å². The molecule has 7 nitrogen and oxygen atoms in total. The molecule has 2 N–H and O–H groups in total. The predicted octanol–water partition coefficient (Wildman–Crippen LogP) is 1.79. The van der Waals surface area contributed by atoms with Crippen LogP contribution < -0.4 is 14.8 Å². The molecular formula is C14H18N2O5. The number of carboxylic acid groups (broad SMARTS) is 1. The van der Waals surface area contributed by atoms with Crippen LogP contribution in [0.1, 0.15) is 13.3 Å². The maximum atomic E-state index is 12.1. The smallest absolute Gasteiger partial charge is 0.323 e. The molecular weight excluding hydrogens is 276 g/mol. The van der Waals surface area contributed by atoms with Crippen LogP contribution in [0.15, 0.2) is 18.2 Å². The zero-order valence-corrected chi connectivity index (χ0v) is 11.8. The molecule has 114 valence electrons. The van der Waals surface area contributed by atoms with E-state index in [4.69, 9.17) is 14.6 Å². The zero-order chi connectivity index (χ0) is 15.2. The second-order valence-electron chi connectivity index (χ2n) is 4.60. The lowest BCUT2D eigenvalue weighted by molar-refractivity contribution is -0.137. The summed E-state index contributed by atoms with van der Waals surface area (Å²) in [6.45, 7) is 2.89. The molecule has 1 aliphatic heterocycles. The fourth-order valence-corrected chi connectivity index (χ4v) is 2.01. The first-order valence-corrected chi connectivity index (χ1v) is 6.77. The van der Waals surface area contributed by atoms with E-state index in [-0.39, 0.29) is 6.54 Å². The number of anilines is 1. The normalized spacial score (nSPS) is 12.6. The van der Waals surface area contributed by atoms with Crippen LogP contribution >= 0.6 is 0 Å². The van der Waals surface area contributed by atoms with E-state index in [0.717, 1.165) is 0 Å². The van der Waals surface area contributed by atoms with Crippen molar-refractivity contribution in [3.8, 4) is 11.5 Å². The number of carbonyl (C=O) groups excluding carboxylic acids is 1. The van der Waals surface area contributed by atoms with Gasteiger partial charge in [-0.15, -0.1) is 0 Å². The average Bonchev–Trinajstić information content (AvgIpc) is 2.46. The van der Waals surface area contributed by atoms with Crippen molar-refractivity contribution in [2.45, 2.75) is 13.3 Å². The maximum Gasteiger partial charge on any atom is 0.323 e. The molecule has 0 saturated heterocycles. The summed E-state index contributed by atoms with van der Waals surface area (Å²) in [5.74, 6) is 0.162. The van der Waals surface area contributed by atoms with E-state index in [1.54, 1.807) is 18.2 Å². The Hall–Kier alpha value is -2.44. The summed E-state index contributed by atoms with van der Waals surface area (Å²) in [7, 11) is 0. The SMILES string of the molecule is CCCN(CC(=O)O)C(=O)Nc1ccc2c(c1)OCCO2. The number of carbonyl (C=O) groups is 2. The molecule has 0 bridgehead atoms. The lowest BCUT2D eigenvalue weighted by Gasteiger charge is -2.22. The highest BCUT2D eigenvalue weighted by Crippen LogP contribution is 2.32. The van der Waals surface area contributed by atoms with Gasteiger partial charge >= 0.3 is 12.0 Å². The Kier molecular flexibility index (Phi) is 4.86. The third-order valence-electron chi connectivity index (χ3n) is 2.90. The summed E-state index contributed by atoms with van der Waals surface area (Å²) in [6, 6.07) is 4.62. The van der Waals surface area contributed by atoms with Gasteiger partial charge in [0.15, 0.2) is 11.5 Å². The van der Waals surface area contributed by atoms with Crippen LogP contribution in [-0.4, -0.2) is 48.3 Å². The lowest BCUT2D eigenvalue weighted by Crippen LogP contribution is -2.39. The van der Waals surface area contributed by atoms with Crippen molar-refractivity contribution >= 4 is 17.7 Å². The van der Waals surface area contributed by atoms with Crippen molar-refractivity contribution in [1.29, 1.82) is 0 Å². The van der Waals surface area contributed by atoms with Crippen molar-refractivity contribution in [2.24, 2.45) is 0 Å². The van der Waals surface area contributed by atoms with Gasteiger partial charge in [0.25, 0.3) is 0 Å². The van der Waals surface area contributed by atoms with E-state index in [1.807, 2.05) is 6.92 Å². The van der Waals surface area contributed by atoms with Gasteiger partial charge in [-0.3, -0.25) is 4.79 Å². The Morgan fingerprint density at radius 1 is 1.29 bits per heavy atom. The molecule has 0 aromatic heterocycles. The number of nitrogens with zero attached hydrogens (tertiary/aromatic N) is 1. The second-order valence-corrected chi connectivity index (χ2v) is 4.60. The van der Waals surface area contributed by atoms with E-state index >= 15 is 0 Å². The molecule has 1 heterocycles. The minimum Gasteiger partial charge on any atom is -0.486 e. The van der Waals surface area contributed by atoms with Crippen molar-refractivity contribution < 1.29 is 24.2 Å². The highest BCUT2D eigenvalue weighted by molar-refractivity contribution is 5.91. The number of aliphatic carboxylic acids is 1. The number of carboxylic acids is 1. The molecule has 1 aromatic carbocycles. The summed E-state index contributed by atoms with van der Waals surface area (Å²) in [4.78, 5) is 24.1. The van der Waals surface area contributed by atoms with Crippen LogP contribution in [0.2, 0.25) is 0 Å². The van der Waals surface area contributed by atoms with Crippen LogP contribution in [0.25, 0.3) is 0 Å². The minimum absolute atomic E-state index is 0.329. The summed E-state index contributed by atoms with van der Waals surface area (Å²) < 4.78 is 10.8. The number of rotatable bonds is 5. The number of urea groups is 1. The van der Waals surface area contributed by atoms with Gasteiger partial charge in [0, 0.05) is 18.3 Å². The standard InChI is InChI=1S/C14H18N2O5/c1-2-5-16(9-13(17)18)14(19)15-10-3-4-11-12(8-10)21-7-6-20-11/h3-4,8H,2,5-7,9H2,1H3,(H,15,19)(H,17,18). The van der Waals surface area contributed by atoms with Gasteiger partial charge in [-0.05, 0) is 18.6 Å². The van der Waals surface area contributed by atoms with E-state index in [2.05, 4.69) is 5.32 Å². The molecule has 21 heavy (non-hydrogen) atoms. The maximum absolute atomic E-state index is 12.1. The van der Waals surface area contributed by atoms with Crippen LogP contribution in [0.3, 0.4) is 0 Å². The molecule has 1 aliphatic rings. The van der Waals surface area contributed by atoms with Crippen LogP contribution in [0, 0.1) is 0 Å². The third-order valence-corrected chi connectivity index (χ3v) is 2.90. The highest BCUT2D eigenvalue weighted by Gasteiger charge is 2.17. The van der Waals surface area contributed by atoms with Gasteiger partial charge in [0.1, 0.15) is 19.8 Å². The average molecular weight is 294 g/mol. The number of amides is 2. The Labute approximate surface area is 122 Å². The lowest BCUT2D eigenvalue weighted by atomic mass is 10.2. The molecule has 0 spiro atoms. The number of nitrogens with one attached hydrogen (secondary N) is 1. The number of ether oxygens (including phenoxy) is 2. The van der Waals surface area contributed by atoms with E-state index in [1.165, 1.54) is 4.90 Å². The van der Waals surface area contributed by atoms with E-state index < -0.39 is 12.0 Å². The Morgan fingerprint density at radius 3 is 2.67 bits per heavy atom. The fourth-order valence-electron chi connectivity index (χ4n) is 2.01. The number of benzene rings is 1. The van der Waals surface area contributed by atoms with Gasteiger partial charge in [0.05, 0.1) is 0 Å². The monoisotopic (exact) mass is 294 g/mol. The quantitative estimate of drug-likeness (QED) is 0.864. The third kappa shape index (κ3) is 4.01. The Morgan fingerprint density at radius 2 is 2.00 bits per heavy atom. The predicted molar refractivity (Wildman–Crippen MR) is 76.0 cm³/mol. The number of hydrogen-bond donors (Lipinski definition) is 2. The molecule has 0 fully saturated rings. The molecule has 2 amide bonds. The van der Waals surface area contributed by atoms with Gasteiger partial charge in [-0.1, -0.05) is 6.92 Å². The van der Waals surface area contributed by atoms with Crippen molar-refractivity contribution in [3.05, 3.63) is 18.2 Å². The first-order valence-electron chi connectivity index (χ1n) is 6.77. The molecule has 7 heteroatoms. The summed E-state index contributed by atoms with van der Waals surface area (Å²) in [6.07, 6.45) is 0.682. The van der Waals surface area contributed by atoms with Gasteiger partial charge in [0.2, 0.25) is 0 Å². The van der Waals surface area contributed by atoms with Gasteiger partial charge in [-0.2, -0.15) is 0 Å². The minimum atomic E-state index is -1.04. The largest absolute Gasteiger partial charge is 0.486 e. The molecule has 1 aromatic rings. The first kappa shape index (κ1) is 15.0. The first-order chi connectivity index (χ1) is 10.1. The molecule has 0 radical (unpaired) electrons. The van der Waals surface area contributed by atoms with Gasteiger partial charge in [-0.25, -0.2) is 4.79 Å².